The normalized spacial score (nSPS) is 26.5. The van der Waals surface area contributed by atoms with E-state index in [1.807, 2.05) is 0 Å². The Morgan fingerprint density at radius 3 is 1.60 bits per heavy atom. The molecule has 0 aromatic rings. The Labute approximate surface area is 222 Å². The molecular formula is C35H66. The van der Waals surface area contributed by atoms with Gasteiger partial charge in [0.25, 0.3) is 0 Å². The molecule has 0 heteroatoms. The lowest BCUT2D eigenvalue weighted by Crippen LogP contribution is -2.18. The molecule has 206 valence electrons. The van der Waals surface area contributed by atoms with Crippen molar-refractivity contribution in [2.45, 2.75) is 170 Å². The van der Waals surface area contributed by atoms with Crippen LogP contribution in [0.25, 0.3) is 0 Å². The Kier molecular flexibility index (Phi) is 14.6. The quantitative estimate of drug-likeness (QED) is 0.0994. The molecule has 0 saturated heterocycles. The summed E-state index contributed by atoms with van der Waals surface area (Å²) in [5.74, 6) is 5.84. The first kappa shape index (κ1) is 31.0. The third-order valence-electron chi connectivity index (χ3n) is 10.2. The van der Waals surface area contributed by atoms with Gasteiger partial charge in [0.2, 0.25) is 0 Å². The average Bonchev–Trinajstić information content (AvgIpc) is 3.69. The van der Waals surface area contributed by atoms with Crippen LogP contribution in [0.15, 0.2) is 12.2 Å². The lowest BCUT2D eigenvalue weighted by atomic mass is 9.77. The fraction of sp³-hybridized carbons (Fsp3) is 0.943. The van der Waals surface area contributed by atoms with Gasteiger partial charge in [0.15, 0.2) is 0 Å². The summed E-state index contributed by atoms with van der Waals surface area (Å²) in [6.07, 6.45) is 28.9. The minimum Gasteiger partial charge on any atom is -0.0999 e. The zero-order chi connectivity index (χ0) is 25.7. The van der Waals surface area contributed by atoms with Gasteiger partial charge < -0.3 is 0 Å². The molecular weight excluding hydrogens is 420 g/mol. The highest BCUT2D eigenvalue weighted by Gasteiger charge is 2.62. The molecule has 2 aliphatic rings. The van der Waals surface area contributed by atoms with Crippen LogP contribution in [-0.2, 0) is 0 Å². The molecule has 0 heterocycles. The van der Waals surface area contributed by atoms with Gasteiger partial charge in [-0.25, -0.2) is 0 Å². The molecule has 0 bridgehead atoms. The third-order valence-corrected chi connectivity index (χ3v) is 10.2. The van der Waals surface area contributed by atoms with E-state index in [4.69, 9.17) is 0 Å². The predicted octanol–water partition coefficient (Wildman–Crippen LogP) is 12.2. The molecule has 0 nitrogen and oxygen atoms in total. The first-order chi connectivity index (χ1) is 16.9. The maximum Gasteiger partial charge on any atom is -0.0180 e. The van der Waals surface area contributed by atoms with Crippen molar-refractivity contribution in [1.82, 2.24) is 0 Å². The Balaban J connectivity index is 1.81. The zero-order valence-corrected chi connectivity index (χ0v) is 25.3. The molecule has 0 spiro atoms. The highest BCUT2D eigenvalue weighted by molar-refractivity contribution is 5.12. The van der Waals surface area contributed by atoms with Crippen LogP contribution in [0.2, 0.25) is 0 Å². The fourth-order valence-corrected chi connectivity index (χ4v) is 7.72. The standard InChI is InChI=1S/C35H66/c1-8-11-13-15-16-17-18-19-21-23-25-31(28(4)5)29(24-22-20-14-12-9-2)26-32-30(10-3)34(32)33-27-35(33,6)7/h29-34H,4,8-27H2,1-3,5-7H3. The van der Waals surface area contributed by atoms with Crippen LogP contribution < -0.4 is 0 Å². The van der Waals surface area contributed by atoms with E-state index in [1.54, 1.807) is 0 Å². The summed E-state index contributed by atoms with van der Waals surface area (Å²) in [5.41, 5.74) is 2.14. The minimum atomic E-state index is 0.645. The number of rotatable bonds is 23. The summed E-state index contributed by atoms with van der Waals surface area (Å²) < 4.78 is 0. The van der Waals surface area contributed by atoms with Crippen molar-refractivity contribution in [3.63, 3.8) is 0 Å². The maximum absolute atomic E-state index is 4.55. The summed E-state index contributed by atoms with van der Waals surface area (Å²) in [6, 6.07) is 0. The van der Waals surface area contributed by atoms with Crippen molar-refractivity contribution in [2.24, 2.45) is 40.9 Å². The van der Waals surface area contributed by atoms with Crippen LogP contribution in [-0.4, -0.2) is 0 Å². The second-order valence-corrected chi connectivity index (χ2v) is 13.7. The van der Waals surface area contributed by atoms with Crippen LogP contribution in [0, 0.1) is 40.9 Å². The second-order valence-electron chi connectivity index (χ2n) is 13.7. The minimum absolute atomic E-state index is 0.645. The van der Waals surface area contributed by atoms with Crippen LogP contribution in [0.4, 0.5) is 0 Å². The second kappa shape index (κ2) is 16.6. The zero-order valence-electron chi connectivity index (χ0n) is 25.3. The van der Waals surface area contributed by atoms with Crippen LogP contribution in [0.3, 0.4) is 0 Å². The summed E-state index contributed by atoms with van der Waals surface area (Å²) in [7, 11) is 0. The van der Waals surface area contributed by atoms with Crippen LogP contribution >= 0.6 is 0 Å². The summed E-state index contributed by atoms with van der Waals surface area (Å²) in [5, 5.41) is 0. The SMILES string of the molecule is C=C(C)C(CCCCCCCCCCCC)C(CCCCCCC)CC1C(CC)C1C1CC1(C)C. The van der Waals surface area contributed by atoms with Gasteiger partial charge in [-0.15, -0.1) is 0 Å². The van der Waals surface area contributed by atoms with Gasteiger partial charge in [0, 0.05) is 0 Å². The van der Waals surface area contributed by atoms with Crippen LogP contribution in [0.1, 0.15) is 170 Å². The van der Waals surface area contributed by atoms with Crippen molar-refractivity contribution in [2.75, 3.05) is 0 Å². The van der Waals surface area contributed by atoms with Gasteiger partial charge in [0.1, 0.15) is 0 Å². The molecule has 2 saturated carbocycles. The lowest BCUT2D eigenvalue weighted by molar-refractivity contribution is 0.276. The van der Waals surface area contributed by atoms with E-state index in [9.17, 15) is 0 Å². The van der Waals surface area contributed by atoms with Crippen molar-refractivity contribution in [3.8, 4) is 0 Å². The molecule has 0 amide bonds. The predicted molar refractivity (Wildman–Crippen MR) is 159 cm³/mol. The lowest BCUT2D eigenvalue weighted by Gasteiger charge is -2.29. The first-order valence-corrected chi connectivity index (χ1v) is 16.5. The summed E-state index contributed by atoms with van der Waals surface area (Å²) in [4.78, 5) is 0. The van der Waals surface area contributed by atoms with E-state index in [0.717, 1.165) is 35.5 Å². The summed E-state index contributed by atoms with van der Waals surface area (Å²) in [6.45, 7) is 19.1. The first-order valence-electron chi connectivity index (χ1n) is 16.5. The molecule has 6 unspecified atom stereocenters. The molecule has 0 aromatic carbocycles. The Bertz CT molecular complexity index is 556. The third kappa shape index (κ3) is 10.9. The Hall–Kier alpha value is -0.260. The number of hydrogen-bond acceptors (Lipinski definition) is 0. The maximum atomic E-state index is 4.55. The smallest absolute Gasteiger partial charge is 0.0180 e. The highest BCUT2D eigenvalue weighted by Crippen LogP contribution is 2.69. The van der Waals surface area contributed by atoms with Crippen molar-refractivity contribution in [3.05, 3.63) is 12.2 Å². The Morgan fingerprint density at radius 1 is 0.714 bits per heavy atom. The van der Waals surface area contributed by atoms with E-state index < -0.39 is 0 Å². The monoisotopic (exact) mass is 487 g/mol. The molecule has 0 aliphatic heterocycles. The van der Waals surface area contributed by atoms with E-state index in [-0.39, 0.29) is 0 Å². The number of unbranched alkanes of at least 4 members (excludes halogenated alkanes) is 13. The van der Waals surface area contributed by atoms with E-state index >= 15 is 0 Å². The number of hydrogen-bond donors (Lipinski definition) is 0. The molecule has 0 N–H and O–H groups in total. The molecule has 0 aromatic heterocycles. The van der Waals surface area contributed by atoms with Crippen molar-refractivity contribution >= 4 is 0 Å². The highest BCUT2D eigenvalue weighted by atomic mass is 14.7. The van der Waals surface area contributed by atoms with Crippen LogP contribution in [0.5, 0.6) is 0 Å². The van der Waals surface area contributed by atoms with Gasteiger partial charge in [0.05, 0.1) is 0 Å². The fourth-order valence-electron chi connectivity index (χ4n) is 7.72. The average molecular weight is 487 g/mol. The largest absolute Gasteiger partial charge is 0.0999 e. The Morgan fingerprint density at radius 2 is 1.17 bits per heavy atom. The molecule has 6 atom stereocenters. The van der Waals surface area contributed by atoms with Gasteiger partial charge in [-0.1, -0.05) is 150 Å². The van der Waals surface area contributed by atoms with Gasteiger partial charge >= 0.3 is 0 Å². The topological polar surface area (TPSA) is 0 Å². The van der Waals surface area contributed by atoms with Crippen molar-refractivity contribution < 1.29 is 0 Å². The van der Waals surface area contributed by atoms with E-state index in [0.29, 0.717) is 5.41 Å². The molecule has 2 aliphatic carbocycles. The van der Waals surface area contributed by atoms with Gasteiger partial charge in [-0.05, 0) is 73.5 Å². The van der Waals surface area contributed by atoms with E-state index in [2.05, 4.69) is 48.1 Å². The molecule has 2 fully saturated rings. The number of allylic oxidation sites excluding steroid dienone is 1. The molecule has 2 rings (SSSR count). The van der Waals surface area contributed by atoms with Crippen molar-refractivity contribution in [1.29, 1.82) is 0 Å². The van der Waals surface area contributed by atoms with E-state index in [1.165, 1.54) is 134 Å². The molecule has 35 heavy (non-hydrogen) atoms. The summed E-state index contributed by atoms with van der Waals surface area (Å²) >= 11 is 0. The van der Waals surface area contributed by atoms with Gasteiger partial charge in [-0.2, -0.15) is 0 Å². The molecule has 0 radical (unpaired) electrons. The van der Waals surface area contributed by atoms with Gasteiger partial charge in [-0.3, -0.25) is 0 Å².